The zero-order valence-corrected chi connectivity index (χ0v) is 10.9. The number of nitriles is 1. The van der Waals surface area contributed by atoms with Gasteiger partial charge in [-0.3, -0.25) is 4.90 Å². The van der Waals surface area contributed by atoms with Gasteiger partial charge in [-0.1, -0.05) is 0 Å². The largest absolute Gasteiger partial charge is 0.496 e. The summed E-state index contributed by atoms with van der Waals surface area (Å²) < 4.78 is 5.36. The predicted molar refractivity (Wildman–Crippen MR) is 70.5 cm³/mol. The Morgan fingerprint density at radius 2 is 2.39 bits per heavy atom. The zero-order chi connectivity index (χ0) is 13.0. The second-order valence-corrected chi connectivity index (χ2v) is 4.65. The van der Waals surface area contributed by atoms with Gasteiger partial charge >= 0.3 is 0 Å². The summed E-state index contributed by atoms with van der Waals surface area (Å²) in [6.45, 7) is 2.98. The predicted octanol–water partition coefficient (Wildman–Crippen LogP) is 1.36. The summed E-state index contributed by atoms with van der Waals surface area (Å²) in [6, 6.07) is 8.35. The summed E-state index contributed by atoms with van der Waals surface area (Å²) in [5.74, 6) is 0.863. The molecule has 1 aliphatic heterocycles. The average molecular weight is 245 g/mol. The first kappa shape index (κ1) is 12.9. The molecule has 1 unspecified atom stereocenters. The SMILES string of the molecule is CNC1CCN(Cc2cc(C#N)ccc2OC)C1. The Morgan fingerprint density at radius 1 is 1.56 bits per heavy atom. The van der Waals surface area contributed by atoms with Crippen molar-refractivity contribution < 1.29 is 4.74 Å². The number of likely N-dealkylation sites (N-methyl/N-ethyl adjacent to an activating group) is 1. The van der Waals surface area contributed by atoms with E-state index in [0.717, 1.165) is 30.9 Å². The number of hydrogen-bond donors (Lipinski definition) is 1. The minimum Gasteiger partial charge on any atom is -0.496 e. The van der Waals surface area contributed by atoms with E-state index in [1.807, 2.05) is 19.2 Å². The highest BCUT2D eigenvalue weighted by atomic mass is 16.5. The number of benzene rings is 1. The van der Waals surface area contributed by atoms with Gasteiger partial charge in [0.1, 0.15) is 5.75 Å². The summed E-state index contributed by atoms with van der Waals surface area (Å²) in [4.78, 5) is 2.39. The van der Waals surface area contributed by atoms with Crippen molar-refractivity contribution in [3.63, 3.8) is 0 Å². The molecule has 0 aliphatic carbocycles. The molecule has 1 heterocycles. The van der Waals surface area contributed by atoms with Gasteiger partial charge in [-0.05, 0) is 31.7 Å². The molecule has 1 aromatic carbocycles. The van der Waals surface area contributed by atoms with Crippen molar-refractivity contribution in [2.24, 2.45) is 0 Å². The van der Waals surface area contributed by atoms with E-state index < -0.39 is 0 Å². The first-order chi connectivity index (χ1) is 8.76. The molecule has 1 aliphatic rings. The molecule has 0 aromatic heterocycles. The van der Waals surface area contributed by atoms with Gasteiger partial charge in [0.2, 0.25) is 0 Å². The van der Waals surface area contributed by atoms with E-state index in [2.05, 4.69) is 16.3 Å². The second-order valence-electron chi connectivity index (χ2n) is 4.65. The van der Waals surface area contributed by atoms with Crippen LogP contribution in [0.2, 0.25) is 0 Å². The minimum atomic E-state index is 0.579. The first-order valence-corrected chi connectivity index (χ1v) is 6.23. The monoisotopic (exact) mass is 245 g/mol. The maximum absolute atomic E-state index is 8.95. The maximum Gasteiger partial charge on any atom is 0.123 e. The molecular formula is C14H19N3O. The van der Waals surface area contributed by atoms with Gasteiger partial charge in [-0.15, -0.1) is 0 Å². The van der Waals surface area contributed by atoms with Gasteiger partial charge < -0.3 is 10.1 Å². The molecule has 0 bridgehead atoms. The Hall–Kier alpha value is -1.57. The number of methoxy groups -OCH3 is 1. The van der Waals surface area contributed by atoms with E-state index >= 15 is 0 Å². The molecule has 1 fully saturated rings. The molecule has 0 radical (unpaired) electrons. The molecule has 0 amide bonds. The number of nitrogens with zero attached hydrogens (tertiary/aromatic N) is 2. The van der Waals surface area contributed by atoms with Crippen molar-refractivity contribution in [1.82, 2.24) is 10.2 Å². The molecule has 4 nitrogen and oxygen atoms in total. The van der Waals surface area contributed by atoms with Crippen LogP contribution in [0, 0.1) is 11.3 Å². The van der Waals surface area contributed by atoms with E-state index in [0.29, 0.717) is 11.6 Å². The number of likely N-dealkylation sites (tertiary alicyclic amines) is 1. The highest BCUT2D eigenvalue weighted by Gasteiger charge is 2.21. The normalized spacial score (nSPS) is 19.7. The van der Waals surface area contributed by atoms with Gasteiger partial charge in [-0.2, -0.15) is 5.26 Å². The third-order valence-electron chi connectivity index (χ3n) is 3.48. The highest BCUT2D eigenvalue weighted by Crippen LogP contribution is 2.23. The third kappa shape index (κ3) is 2.81. The molecule has 18 heavy (non-hydrogen) atoms. The van der Waals surface area contributed by atoms with Crippen LogP contribution >= 0.6 is 0 Å². The first-order valence-electron chi connectivity index (χ1n) is 6.23. The van der Waals surface area contributed by atoms with Crippen LogP contribution in [0.5, 0.6) is 5.75 Å². The fourth-order valence-corrected chi connectivity index (χ4v) is 2.42. The van der Waals surface area contributed by atoms with E-state index in [-0.39, 0.29) is 0 Å². The zero-order valence-electron chi connectivity index (χ0n) is 10.9. The van der Waals surface area contributed by atoms with E-state index in [1.54, 1.807) is 13.2 Å². The number of rotatable bonds is 4. The number of nitrogens with one attached hydrogen (secondary N) is 1. The molecule has 1 saturated heterocycles. The lowest BCUT2D eigenvalue weighted by atomic mass is 10.1. The summed E-state index contributed by atoms with van der Waals surface area (Å²) in [5, 5.41) is 12.3. The standard InChI is InChI=1S/C14H19N3O/c1-16-13-5-6-17(10-13)9-12-7-11(8-15)3-4-14(12)18-2/h3-4,7,13,16H,5-6,9-10H2,1-2H3. The fraction of sp³-hybridized carbons (Fsp3) is 0.500. The lowest BCUT2D eigenvalue weighted by Gasteiger charge is -2.18. The number of ether oxygens (including phenoxy) is 1. The quantitative estimate of drug-likeness (QED) is 0.870. The smallest absolute Gasteiger partial charge is 0.123 e. The maximum atomic E-state index is 8.95. The molecule has 1 N–H and O–H groups in total. The Bertz CT molecular complexity index is 453. The average Bonchev–Trinajstić information content (AvgIpc) is 2.86. The van der Waals surface area contributed by atoms with Crippen molar-refractivity contribution in [1.29, 1.82) is 5.26 Å². The molecule has 4 heteroatoms. The van der Waals surface area contributed by atoms with Crippen molar-refractivity contribution in [3.8, 4) is 11.8 Å². The van der Waals surface area contributed by atoms with E-state index in [9.17, 15) is 0 Å². The van der Waals surface area contributed by atoms with Crippen LogP contribution in [-0.4, -0.2) is 38.2 Å². The van der Waals surface area contributed by atoms with E-state index in [4.69, 9.17) is 10.00 Å². The van der Waals surface area contributed by atoms with Crippen molar-refractivity contribution in [2.75, 3.05) is 27.2 Å². The summed E-state index contributed by atoms with van der Waals surface area (Å²) in [6.07, 6.45) is 1.18. The molecular weight excluding hydrogens is 226 g/mol. The van der Waals surface area contributed by atoms with Crippen molar-refractivity contribution in [3.05, 3.63) is 29.3 Å². The summed E-state index contributed by atoms with van der Waals surface area (Å²) in [7, 11) is 3.68. The van der Waals surface area contributed by atoms with Crippen molar-refractivity contribution >= 4 is 0 Å². The molecule has 2 rings (SSSR count). The lowest BCUT2D eigenvalue weighted by molar-refractivity contribution is 0.313. The Balaban J connectivity index is 2.11. The van der Waals surface area contributed by atoms with Crippen LogP contribution in [0.4, 0.5) is 0 Å². The van der Waals surface area contributed by atoms with Crippen LogP contribution in [0.15, 0.2) is 18.2 Å². The van der Waals surface area contributed by atoms with Crippen LogP contribution in [0.1, 0.15) is 17.5 Å². The number of hydrogen-bond acceptors (Lipinski definition) is 4. The molecule has 0 spiro atoms. The van der Waals surface area contributed by atoms with Crippen LogP contribution in [-0.2, 0) is 6.54 Å². The molecule has 0 saturated carbocycles. The van der Waals surface area contributed by atoms with Gasteiger partial charge in [0.05, 0.1) is 18.7 Å². The van der Waals surface area contributed by atoms with Gasteiger partial charge in [-0.25, -0.2) is 0 Å². The Labute approximate surface area is 108 Å². The Morgan fingerprint density at radius 3 is 3.00 bits per heavy atom. The minimum absolute atomic E-state index is 0.579. The van der Waals surface area contributed by atoms with Crippen LogP contribution in [0.25, 0.3) is 0 Å². The molecule has 1 aromatic rings. The van der Waals surface area contributed by atoms with Crippen molar-refractivity contribution in [2.45, 2.75) is 19.0 Å². The summed E-state index contributed by atoms with van der Waals surface area (Å²) in [5.41, 5.74) is 1.78. The molecule has 96 valence electrons. The highest BCUT2D eigenvalue weighted by molar-refractivity contribution is 5.42. The molecule has 1 atom stereocenters. The van der Waals surface area contributed by atoms with Crippen LogP contribution in [0.3, 0.4) is 0 Å². The van der Waals surface area contributed by atoms with Crippen LogP contribution < -0.4 is 10.1 Å². The fourth-order valence-electron chi connectivity index (χ4n) is 2.42. The topological polar surface area (TPSA) is 48.3 Å². The Kier molecular flexibility index (Phi) is 4.19. The van der Waals surface area contributed by atoms with E-state index in [1.165, 1.54) is 6.42 Å². The van der Waals surface area contributed by atoms with Gasteiger partial charge in [0.15, 0.2) is 0 Å². The lowest BCUT2D eigenvalue weighted by Crippen LogP contribution is -2.29. The third-order valence-corrected chi connectivity index (χ3v) is 3.48. The second kappa shape index (κ2) is 5.85. The van der Waals surface area contributed by atoms with Gasteiger partial charge in [0.25, 0.3) is 0 Å². The summed E-state index contributed by atoms with van der Waals surface area (Å²) >= 11 is 0. The van der Waals surface area contributed by atoms with Gasteiger partial charge in [0, 0.05) is 31.2 Å².